The summed E-state index contributed by atoms with van der Waals surface area (Å²) >= 11 is 0. The number of nitrogens with one attached hydrogen (secondary N) is 3. The third kappa shape index (κ3) is 6.70. The van der Waals surface area contributed by atoms with Crippen LogP contribution >= 0.6 is 0 Å². The van der Waals surface area contributed by atoms with Gasteiger partial charge in [0.05, 0.1) is 20.2 Å². The number of ether oxygens (including phenoxy) is 1. The molecule has 0 heterocycles. The second kappa shape index (κ2) is 11.1. The van der Waals surface area contributed by atoms with Gasteiger partial charge in [-0.1, -0.05) is 49.4 Å². The van der Waals surface area contributed by atoms with Crippen LogP contribution in [-0.2, 0) is 9.59 Å². The summed E-state index contributed by atoms with van der Waals surface area (Å²) in [5.41, 5.74) is 1.97. The first-order valence-electron chi connectivity index (χ1n) is 9.59. The Balaban J connectivity index is 2.05. The lowest BCUT2D eigenvalue weighted by atomic mass is 9.98. The highest BCUT2D eigenvalue weighted by Crippen LogP contribution is 2.23. The van der Waals surface area contributed by atoms with Crippen molar-refractivity contribution in [3.63, 3.8) is 0 Å². The molecular formula is C22H30N3O3+. The van der Waals surface area contributed by atoms with Crippen LogP contribution in [-0.4, -0.2) is 45.6 Å². The lowest BCUT2D eigenvalue weighted by molar-refractivity contribution is -0.862. The van der Waals surface area contributed by atoms with E-state index in [2.05, 4.69) is 10.6 Å². The van der Waals surface area contributed by atoms with Crippen LogP contribution in [0.2, 0.25) is 0 Å². The SMILES string of the molecule is CCCNC(=O)C[NH+](C)CC(=O)N[C@@H](c1ccccc1)c1ccc(OC)cc1. The van der Waals surface area contributed by atoms with Crippen molar-refractivity contribution in [2.24, 2.45) is 0 Å². The van der Waals surface area contributed by atoms with Crippen LogP contribution < -0.4 is 20.3 Å². The standard InChI is InChI=1S/C22H29N3O3/c1-4-14-23-20(26)15-25(2)16-21(27)24-22(17-8-6-5-7-9-17)18-10-12-19(28-3)13-11-18/h5-13,22H,4,14-16H2,1-3H3,(H,23,26)(H,24,27)/p+1/t22-/m0/s1. The lowest BCUT2D eigenvalue weighted by Crippen LogP contribution is -3.11. The molecule has 1 unspecified atom stereocenters. The second-order valence-electron chi connectivity index (χ2n) is 6.84. The van der Waals surface area contributed by atoms with E-state index < -0.39 is 0 Å². The van der Waals surface area contributed by atoms with Crippen molar-refractivity contribution in [3.05, 3.63) is 65.7 Å². The number of likely N-dealkylation sites (N-methyl/N-ethyl adjacent to an activating group) is 1. The topological polar surface area (TPSA) is 71.9 Å². The van der Waals surface area contributed by atoms with Gasteiger partial charge < -0.3 is 20.3 Å². The molecule has 2 rings (SSSR count). The van der Waals surface area contributed by atoms with Crippen molar-refractivity contribution in [1.82, 2.24) is 10.6 Å². The van der Waals surface area contributed by atoms with Gasteiger partial charge >= 0.3 is 0 Å². The summed E-state index contributed by atoms with van der Waals surface area (Å²) < 4.78 is 5.22. The van der Waals surface area contributed by atoms with Crippen molar-refractivity contribution in [3.8, 4) is 5.75 Å². The smallest absolute Gasteiger partial charge is 0.275 e. The van der Waals surface area contributed by atoms with Gasteiger partial charge in [-0.3, -0.25) is 9.59 Å². The van der Waals surface area contributed by atoms with Crippen LogP contribution in [0.15, 0.2) is 54.6 Å². The first-order valence-corrected chi connectivity index (χ1v) is 9.59. The van der Waals surface area contributed by atoms with E-state index in [1.54, 1.807) is 7.11 Å². The number of carbonyl (C=O) groups excluding carboxylic acids is 2. The van der Waals surface area contributed by atoms with E-state index in [1.165, 1.54) is 0 Å². The first-order chi connectivity index (χ1) is 13.5. The zero-order valence-corrected chi connectivity index (χ0v) is 16.8. The summed E-state index contributed by atoms with van der Waals surface area (Å²) in [6.45, 7) is 3.16. The maximum Gasteiger partial charge on any atom is 0.275 e. The van der Waals surface area contributed by atoms with Crippen LogP contribution in [0.1, 0.15) is 30.5 Å². The fourth-order valence-corrected chi connectivity index (χ4v) is 2.95. The molecule has 0 saturated carbocycles. The Labute approximate surface area is 166 Å². The molecule has 0 aliphatic rings. The van der Waals surface area contributed by atoms with Gasteiger partial charge in [0, 0.05) is 6.54 Å². The van der Waals surface area contributed by atoms with Gasteiger partial charge in [0.15, 0.2) is 13.1 Å². The molecule has 2 aromatic rings. The van der Waals surface area contributed by atoms with Crippen molar-refractivity contribution in [1.29, 1.82) is 0 Å². The van der Waals surface area contributed by atoms with Gasteiger partial charge in [-0.25, -0.2) is 0 Å². The fourth-order valence-electron chi connectivity index (χ4n) is 2.95. The summed E-state index contributed by atoms with van der Waals surface area (Å²) in [4.78, 5) is 25.3. The van der Waals surface area contributed by atoms with E-state index in [4.69, 9.17) is 4.74 Å². The molecule has 0 aliphatic heterocycles. The van der Waals surface area contributed by atoms with Crippen molar-refractivity contribution in [2.45, 2.75) is 19.4 Å². The zero-order chi connectivity index (χ0) is 20.4. The Morgan fingerprint density at radius 1 is 0.964 bits per heavy atom. The van der Waals surface area contributed by atoms with Gasteiger partial charge in [0.2, 0.25) is 0 Å². The maximum absolute atomic E-state index is 12.6. The highest BCUT2D eigenvalue weighted by atomic mass is 16.5. The molecule has 150 valence electrons. The minimum Gasteiger partial charge on any atom is -0.497 e. The predicted octanol–water partition coefficient (Wildman–Crippen LogP) is 0.942. The normalized spacial score (nSPS) is 12.7. The van der Waals surface area contributed by atoms with Gasteiger partial charge in [0.25, 0.3) is 11.8 Å². The van der Waals surface area contributed by atoms with E-state index in [9.17, 15) is 9.59 Å². The monoisotopic (exact) mass is 384 g/mol. The van der Waals surface area contributed by atoms with Crippen molar-refractivity contribution < 1.29 is 19.2 Å². The summed E-state index contributed by atoms with van der Waals surface area (Å²) in [6.07, 6.45) is 0.895. The van der Waals surface area contributed by atoms with Gasteiger partial charge in [-0.05, 0) is 29.7 Å². The molecule has 0 spiro atoms. The summed E-state index contributed by atoms with van der Waals surface area (Å²) in [5, 5.41) is 5.94. The molecule has 2 amide bonds. The molecule has 28 heavy (non-hydrogen) atoms. The average molecular weight is 385 g/mol. The Morgan fingerprint density at radius 2 is 1.57 bits per heavy atom. The van der Waals surface area contributed by atoms with Crippen LogP contribution in [0.25, 0.3) is 0 Å². The highest BCUT2D eigenvalue weighted by Gasteiger charge is 2.20. The molecule has 0 bridgehead atoms. The minimum atomic E-state index is -0.263. The molecule has 0 aromatic heterocycles. The Hall–Kier alpha value is -2.86. The molecule has 6 nitrogen and oxygen atoms in total. The van der Waals surface area contributed by atoms with E-state index in [1.807, 2.05) is 68.6 Å². The van der Waals surface area contributed by atoms with Crippen LogP contribution in [0.3, 0.4) is 0 Å². The Kier molecular flexibility index (Phi) is 8.49. The highest BCUT2D eigenvalue weighted by molar-refractivity contribution is 5.79. The van der Waals surface area contributed by atoms with E-state index >= 15 is 0 Å². The summed E-state index contributed by atoms with van der Waals surface area (Å²) in [7, 11) is 3.47. The molecule has 6 heteroatoms. The molecule has 3 N–H and O–H groups in total. The van der Waals surface area contributed by atoms with E-state index in [-0.39, 0.29) is 30.9 Å². The number of amides is 2. The molecular weight excluding hydrogens is 354 g/mol. The van der Waals surface area contributed by atoms with Crippen LogP contribution in [0.5, 0.6) is 5.75 Å². The number of quaternary nitrogens is 1. The summed E-state index contributed by atoms with van der Waals surface area (Å²) in [5.74, 6) is 0.622. The van der Waals surface area contributed by atoms with Gasteiger partial charge in [-0.15, -0.1) is 0 Å². The number of methoxy groups -OCH3 is 1. The molecule has 2 aromatic carbocycles. The third-order valence-electron chi connectivity index (χ3n) is 4.38. The number of carbonyl (C=O) groups is 2. The Bertz CT molecular complexity index is 747. The molecule has 2 atom stereocenters. The lowest BCUT2D eigenvalue weighted by Gasteiger charge is -2.21. The summed E-state index contributed by atoms with van der Waals surface area (Å²) in [6, 6.07) is 17.2. The number of hydrogen-bond donors (Lipinski definition) is 3. The zero-order valence-electron chi connectivity index (χ0n) is 16.8. The molecule has 0 radical (unpaired) electrons. The predicted molar refractivity (Wildman–Crippen MR) is 109 cm³/mol. The van der Waals surface area contributed by atoms with Crippen molar-refractivity contribution >= 4 is 11.8 Å². The quantitative estimate of drug-likeness (QED) is 0.571. The third-order valence-corrected chi connectivity index (χ3v) is 4.38. The Morgan fingerprint density at radius 3 is 2.18 bits per heavy atom. The van der Waals surface area contributed by atoms with Crippen LogP contribution in [0, 0.1) is 0 Å². The number of benzene rings is 2. The largest absolute Gasteiger partial charge is 0.497 e. The van der Waals surface area contributed by atoms with Gasteiger partial charge in [0.1, 0.15) is 5.75 Å². The second-order valence-corrected chi connectivity index (χ2v) is 6.84. The van der Waals surface area contributed by atoms with E-state index in [0.717, 1.165) is 28.2 Å². The molecule has 0 aliphatic carbocycles. The first kappa shape index (κ1) is 21.4. The van der Waals surface area contributed by atoms with Crippen molar-refractivity contribution in [2.75, 3.05) is 33.8 Å². The molecule has 0 saturated heterocycles. The maximum atomic E-state index is 12.6. The minimum absolute atomic E-state index is 0.0399. The number of rotatable bonds is 10. The van der Waals surface area contributed by atoms with E-state index in [0.29, 0.717) is 6.54 Å². The van der Waals surface area contributed by atoms with Crippen LogP contribution in [0.4, 0.5) is 0 Å². The fraction of sp³-hybridized carbons (Fsp3) is 0.364. The van der Waals surface area contributed by atoms with Gasteiger partial charge in [-0.2, -0.15) is 0 Å². The average Bonchev–Trinajstić information content (AvgIpc) is 2.71. The molecule has 0 fully saturated rings. The number of hydrogen-bond acceptors (Lipinski definition) is 3.